The number of rotatable bonds is 5. The second kappa shape index (κ2) is 9.18. The van der Waals surface area contributed by atoms with Crippen LogP contribution in [0.25, 0.3) is 10.9 Å². The summed E-state index contributed by atoms with van der Waals surface area (Å²) in [6.07, 6.45) is 3.57. The molecule has 1 saturated heterocycles. The van der Waals surface area contributed by atoms with E-state index in [2.05, 4.69) is 52.5 Å². The Bertz CT molecular complexity index is 951. The first-order valence-corrected chi connectivity index (χ1v) is 9.91. The molecule has 1 aliphatic heterocycles. The molecule has 0 bridgehead atoms. The van der Waals surface area contributed by atoms with Gasteiger partial charge in [-0.25, -0.2) is 15.0 Å². The van der Waals surface area contributed by atoms with Gasteiger partial charge in [0, 0.05) is 64.1 Å². The number of fused-ring (bicyclic) bond motifs is 1. The smallest absolute Gasteiger partial charge is 0.225 e. The minimum absolute atomic E-state index is 0.766. The highest BCUT2D eigenvalue weighted by Crippen LogP contribution is 2.14. The zero-order chi connectivity index (χ0) is 19.9. The molecule has 150 valence electrons. The predicted octanol–water partition coefficient (Wildman–Crippen LogP) is 1.83. The Hall–Kier alpha value is -3.42. The molecule has 3 aromatic rings. The van der Waals surface area contributed by atoms with Gasteiger partial charge in [0.15, 0.2) is 5.96 Å². The van der Waals surface area contributed by atoms with Crippen molar-refractivity contribution in [3.8, 4) is 0 Å². The van der Waals surface area contributed by atoms with Gasteiger partial charge in [0.2, 0.25) is 5.95 Å². The van der Waals surface area contributed by atoms with Crippen molar-refractivity contribution in [2.75, 3.05) is 56.5 Å². The molecule has 0 unspecified atom stereocenters. The third-order valence-electron chi connectivity index (χ3n) is 4.94. The second-order valence-electron chi connectivity index (χ2n) is 6.81. The topological polar surface area (TPSA) is 81.6 Å². The number of pyridine rings is 1. The third-order valence-corrected chi connectivity index (χ3v) is 4.94. The highest BCUT2D eigenvalue weighted by Gasteiger charge is 2.20. The van der Waals surface area contributed by atoms with Gasteiger partial charge in [-0.05, 0) is 24.3 Å². The SMILES string of the molecule is CN=C(NCCNc1ccc2ccccc2n1)N1CCN(c2ncccn2)CC1. The summed E-state index contributed by atoms with van der Waals surface area (Å²) in [6.45, 7) is 5.06. The monoisotopic (exact) mass is 390 g/mol. The molecule has 3 heterocycles. The summed E-state index contributed by atoms with van der Waals surface area (Å²) in [4.78, 5) is 22.2. The van der Waals surface area contributed by atoms with Crippen molar-refractivity contribution in [1.29, 1.82) is 0 Å². The van der Waals surface area contributed by atoms with E-state index in [0.29, 0.717) is 0 Å². The fourth-order valence-corrected chi connectivity index (χ4v) is 3.43. The lowest BCUT2D eigenvalue weighted by molar-refractivity contribution is 0.371. The summed E-state index contributed by atoms with van der Waals surface area (Å²) in [5.74, 6) is 2.60. The lowest BCUT2D eigenvalue weighted by atomic mass is 10.2. The van der Waals surface area contributed by atoms with Gasteiger partial charge in [-0.1, -0.05) is 18.2 Å². The molecule has 2 N–H and O–H groups in total. The molecule has 2 aromatic heterocycles. The van der Waals surface area contributed by atoms with Gasteiger partial charge in [0.1, 0.15) is 5.82 Å². The van der Waals surface area contributed by atoms with Crippen molar-refractivity contribution in [2.24, 2.45) is 4.99 Å². The number of para-hydroxylation sites is 1. The molecule has 4 rings (SSSR count). The summed E-state index contributed by atoms with van der Waals surface area (Å²) >= 11 is 0. The molecular weight excluding hydrogens is 364 g/mol. The number of aromatic nitrogens is 3. The fourth-order valence-electron chi connectivity index (χ4n) is 3.43. The van der Waals surface area contributed by atoms with Crippen LogP contribution in [0.2, 0.25) is 0 Å². The first kappa shape index (κ1) is 18.9. The minimum Gasteiger partial charge on any atom is -0.368 e. The first-order chi connectivity index (χ1) is 14.3. The highest BCUT2D eigenvalue weighted by molar-refractivity contribution is 5.81. The molecule has 0 saturated carbocycles. The lowest BCUT2D eigenvalue weighted by Gasteiger charge is -2.36. The van der Waals surface area contributed by atoms with Crippen molar-refractivity contribution in [3.05, 3.63) is 54.9 Å². The third kappa shape index (κ3) is 4.71. The molecule has 1 fully saturated rings. The molecular formula is C21H26N8. The maximum absolute atomic E-state index is 4.64. The van der Waals surface area contributed by atoms with Crippen LogP contribution in [-0.4, -0.2) is 72.1 Å². The van der Waals surface area contributed by atoms with Crippen molar-refractivity contribution >= 4 is 28.6 Å². The average Bonchev–Trinajstić information content (AvgIpc) is 2.80. The minimum atomic E-state index is 0.766. The molecule has 0 radical (unpaired) electrons. The van der Waals surface area contributed by atoms with E-state index >= 15 is 0 Å². The number of piperazine rings is 1. The molecule has 1 aliphatic rings. The Morgan fingerprint density at radius 2 is 1.76 bits per heavy atom. The zero-order valence-electron chi connectivity index (χ0n) is 16.6. The summed E-state index contributed by atoms with van der Waals surface area (Å²) in [5, 5.41) is 7.96. The Morgan fingerprint density at radius 1 is 0.966 bits per heavy atom. The van der Waals surface area contributed by atoms with Crippen LogP contribution < -0.4 is 15.5 Å². The average molecular weight is 390 g/mol. The molecule has 8 heteroatoms. The zero-order valence-corrected chi connectivity index (χ0v) is 16.6. The van der Waals surface area contributed by atoms with Crippen molar-refractivity contribution in [1.82, 2.24) is 25.2 Å². The molecule has 0 atom stereocenters. The maximum atomic E-state index is 4.64. The normalized spacial score (nSPS) is 14.9. The van der Waals surface area contributed by atoms with Gasteiger partial charge in [0.25, 0.3) is 0 Å². The Kier molecular flexibility index (Phi) is 5.99. The van der Waals surface area contributed by atoms with Gasteiger partial charge in [-0.2, -0.15) is 0 Å². The van der Waals surface area contributed by atoms with Crippen molar-refractivity contribution in [2.45, 2.75) is 0 Å². The van der Waals surface area contributed by atoms with E-state index in [4.69, 9.17) is 0 Å². The van der Waals surface area contributed by atoms with Crippen LogP contribution in [0.5, 0.6) is 0 Å². The number of nitrogens with one attached hydrogen (secondary N) is 2. The Morgan fingerprint density at radius 3 is 2.55 bits per heavy atom. The summed E-state index contributed by atoms with van der Waals surface area (Å²) in [6, 6.07) is 14.1. The van der Waals surface area contributed by atoms with Crippen molar-refractivity contribution in [3.63, 3.8) is 0 Å². The van der Waals surface area contributed by atoms with E-state index in [1.807, 2.05) is 37.4 Å². The standard InChI is InChI=1S/C21H26N8/c1-22-20(28-13-15-29(16-14-28)21-24-9-4-10-25-21)26-12-11-23-19-8-7-17-5-2-3-6-18(17)27-19/h2-10H,11-16H2,1H3,(H,22,26)(H,23,27). The molecule has 0 amide bonds. The van der Waals surface area contributed by atoms with Gasteiger partial charge in [-0.15, -0.1) is 0 Å². The number of anilines is 2. The molecule has 29 heavy (non-hydrogen) atoms. The maximum Gasteiger partial charge on any atom is 0.225 e. The first-order valence-electron chi connectivity index (χ1n) is 9.91. The van der Waals surface area contributed by atoms with Crippen LogP contribution in [0.15, 0.2) is 59.9 Å². The van der Waals surface area contributed by atoms with Crippen LogP contribution in [0.4, 0.5) is 11.8 Å². The number of hydrogen-bond acceptors (Lipinski definition) is 6. The van der Waals surface area contributed by atoms with Gasteiger partial charge < -0.3 is 20.4 Å². The Balaban J connectivity index is 1.23. The van der Waals surface area contributed by atoms with E-state index in [0.717, 1.165) is 67.9 Å². The summed E-state index contributed by atoms with van der Waals surface area (Å²) in [5.41, 5.74) is 1.00. The lowest BCUT2D eigenvalue weighted by Crippen LogP contribution is -2.53. The van der Waals surface area contributed by atoms with Crippen LogP contribution in [0, 0.1) is 0 Å². The van der Waals surface area contributed by atoms with Crippen LogP contribution in [0.1, 0.15) is 0 Å². The number of guanidine groups is 1. The number of hydrogen-bond donors (Lipinski definition) is 2. The van der Waals surface area contributed by atoms with E-state index in [9.17, 15) is 0 Å². The van der Waals surface area contributed by atoms with E-state index in [1.54, 1.807) is 12.4 Å². The molecule has 0 aliphatic carbocycles. The number of benzene rings is 1. The predicted molar refractivity (Wildman–Crippen MR) is 117 cm³/mol. The molecule has 0 spiro atoms. The van der Waals surface area contributed by atoms with Gasteiger partial charge in [-0.3, -0.25) is 4.99 Å². The highest BCUT2D eigenvalue weighted by atomic mass is 15.4. The second-order valence-corrected chi connectivity index (χ2v) is 6.81. The largest absolute Gasteiger partial charge is 0.368 e. The van der Waals surface area contributed by atoms with Crippen LogP contribution in [0.3, 0.4) is 0 Å². The van der Waals surface area contributed by atoms with Gasteiger partial charge in [0.05, 0.1) is 5.52 Å². The van der Waals surface area contributed by atoms with Crippen LogP contribution in [-0.2, 0) is 0 Å². The Labute approximate surface area is 170 Å². The quantitative estimate of drug-likeness (QED) is 0.391. The van der Waals surface area contributed by atoms with Crippen LogP contribution >= 0.6 is 0 Å². The fraction of sp³-hybridized carbons (Fsp3) is 0.333. The molecule has 1 aromatic carbocycles. The number of nitrogens with zero attached hydrogens (tertiary/aromatic N) is 6. The van der Waals surface area contributed by atoms with E-state index in [-0.39, 0.29) is 0 Å². The van der Waals surface area contributed by atoms with E-state index in [1.165, 1.54) is 0 Å². The summed E-state index contributed by atoms with van der Waals surface area (Å²) < 4.78 is 0. The number of aliphatic imine (C=N–C) groups is 1. The molecule has 8 nitrogen and oxygen atoms in total. The van der Waals surface area contributed by atoms with Gasteiger partial charge >= 0.3 is 0 Å². The summed E-state index contributed by atoms with van der Waals surface area (Å²) in [7, 11) is 1.83. The van der Waals surface area contributed by atoms with E-state index < -0.39 is 0 Å². The van der Waals surface area contributed by atoms with Crippen molar-refractivity contribution < 1.29 is 0 Å².